The predicted molar refractivity (Wildman–Crippen MR) is 142 cm³/mol. The number of fused-ring (bicyclic) bond motifs is 4. The van der Waals surface area contributed by atoms with Crippen molar-refractivity contribution in [3.63, 3.8) is 0 Å². The molecule has 1 radical (unpaired) electrons. The standard InChI is InChI=1S/2C7H11.2C6H5.C4H9.2Bi/c2*1-2-7-4-3-6(1)5-7;2*1-2-4-6-5-3-1;1-4(2)3;;/h2*6H,1-5H2;2*1-5H;1-3H3;;. The first kappa shape index (κ1) is 23.9. The zero-order valence-corrected chi connectivity index (χ0v) is 27.3. The van der Waals surface area contributed by atoms with Gasteiger partial charge in [-0.25, -0.2) is 0 Å². The van der Waals surface area contributed by atoms with Gasteiger partial charge in [-0.05, 0) is 0 Å². The van der Waals surface area contributed by atoms with E-state index in [1.54, 1.807) is 70.8 Å². The van der Waals surface area contributed by atoms with Crippen LogP contribution in [0.3, 0.4) is 0 Å². The van der Waals surface area contributed by atoms with Crippen LogP contribution in [0.1, 0.15) is 85.0 Å². The maximum absolute atomic E-state index is 2.39. The summed E-state index contributed by atoms with van der Waals surface area (Å²) < 4.78 is 5.72. The summed E-state index contributed by atoms with van der Waals surface area (Å²) in [6, 6.07) is 22.2. The Hall–Kier alpha value is 0.206. The van der Waals surface area contributed by atoms with Crippen LogP contribution in [0.5, 0.6) is 0 Å². The molecule has 4 saturated carbocycles. The Labute approximate surface area is 216 Å². The molecule has 0 nitrogen and oxygen atoms in total. The topological polar surface area (TPSA) is 0 Å². The van der Waals surface area contributed by atoms with Gasteiger partial charge in [0.2, 0.25) is 0 Å². The quantitative estimate of drug-likeness (QED) is 0.285. The first-order chi connectivity index (χ1) is 15.4. The van der Waals surface area contributed by atoms with Crippen LogP contribution in [0.4, 0.5) is 0 Å². The third kappa shape index (κ3) is 5.23. The van der Waals surface area contributed by atoms with E-state index in [-0.39, 0.29) is 23.2 Å². The van der Waals surface area contributed by atoms with Crippen LogP contribution >= 0.6 is 0 Å². The monoisotopic (exact) mass is 819 g/mol. The van der Waals surface area contributed by atoms with E-state index in [4.69, 9.17) is 0 Å². The number of benzene rings is 2. The Kier molecular flexibility index (Phi) is 7.25. The molecule has 0 saturated heterocycles. The fourth-order valence-electron chi connectivity index (χ4n) is 7.22. The molecule has 0 aliphatic heterocycles. The molecule has 0 spiro atoms. The molecule has 4 aliphatic rings. The van der Waals surface area contributed by atoms with Crippen molar-refractivity contribution in [1.82, 2.24) is 0 Å². The zero-order valence-electron chi connectivity index (χ0n) is 20.4. The first-order valence-corrected chi connectivity index (χ1v) is 21.7. The minimum atomic E-state index is -1.88. The number of hydrogen-bond acceptors (Lipinski definition) is 0. The summed E-state index contributed by atoms with van der Waals surface area (Å²) in [4.78, 5) is 0. The number of hydrogen-bond donors (Lipinski definition) is 0. The Balaban J connectivity index is 0.000000136. The van der Waals surface area contributed by atoms with Gasteiger partial charge in [0.25, 0.3) is 0 Å². The molecule has 4 aliphatic carbocycles. The van der Waals surface area contributed by atoms with Crippen molar-refractivity contribution in [2.45, 2.75) is 94.3 Å². The van der Waals surface area contributed by atoms with Gasteiger partial charge in [-0.3, -0.25) is 0 Å². The molecule has 2 heteroatoms. The summed E-state index contributed by atoms with van der Waals surface area (Å²) in [7, 11) is 0. The molecule has 2 aromatic rings. The molecule has 0 heterocycles. The van der Waals surface area contributed by atoms with Crippen molar-refractivity contribution >= 4 is 51.5 Å². The third-order valence-electron chi connectivity index (χ3n) is 8.58. The molecule has 0 unspecified atom stereocenters. The van der Waals surface area contributed by atoms with Crippen LogP contribution in [-0.4, -0.2) is 45.0 Å². The molecular formula is C30H41Bi2. The van der Waals surface area contributed by atoms with Gasteiger partial charge in [-0.1, -0.05) is 0 Å². The second-order valence-corrected chi connectivity index (χ2v) is 32.1. The SMILES string of the molecule is C1C[C]2([Bi][C]34CCC(CC3)C4)CCC1C2.C[C](C)(C)[Bi]([c]1ccccc1)[c]1ccccc1. The van der Waals surface area contributed by atoms with Gasteiger partial charge in [0.1, 0.15) is 0 Å². The molecule has 2 aromatic carbocycles. The van der Waals surface area contributed by atoms with Gasteiger partial charge in [0.15, 0.2) is 0 Å². The summed E-state index contributed by atoms with van der Waals surface area (Å²) in [6.07, 6.45) is 16.6. The molecule has 4 fully saturated rings. The molecular weight excluding hydrogens is 778 g/mol. The normalized spacial score (nSPS) is 32.9. The van der Waals surface area contributed by atoms with E-state index in [1.165, 1.54) is 11.8 Å². The second-order valence-electron chi connectivity index (χ2n) is 12.0. The fraction of sp³-hybridized carbons (Fsp3) is 0.600. The van der Waals surface area contributed by atoms with E-state index in [0.717, 1.165) is 6.25 Å². The van der Waals surface area contributed by atoms with Gasteiger partial charge >= 0.3 is 218 Å². The fourth-order valence-corrected chi connectivity index (χ4v) is 28.4. The Morgan fingerprint density at radius 1 is 0.656 bits per heavy atom. The molecule has 6 rings (SSSR count). The summed E-state index contributed by atoms with van der Waals surface area (Å²) in [5.41, 5.74) is 0. The van der Waals surface area contributed by atoms with Gasteiger partial charge in [-0.15, -0.1) is 0 Å². The van der Waals surface area contributed by atoms with Crippen LogP contribution in [0, 0.1) is 11.8 Å². The zero-order chi connectivity index (χ0) is 22.2. The van der Waals surface area contributed by atoms with Crippen LogP contribution in [-0.2, 0) is 0 Å². The number of rotatable bonds is 4. The van der Waals surface area contributed by atoms with Crippen LogP contribution in [0.15, 0.2) is 60.7 Å². The molecule has 0 N–H and O–H groups in total. The summed E-state index contributed by atoms with van der Waals surface area (Å²) in [5, 5.41) is 0. The van der Waals surface area contributed by atoms with E-state index >= 15 is 0 Å². The average molecular weight is 820 g/mol. The Bertz CT molecular complexity index is 799. The predicted octanol–water partition coefficient (Wildman–Crippen LogP) is 7.29. The maximum atomic E-state index is 2.39. The van der Waals surface area contributed by atoms with Crippen molar-refractivity contribution in [3.05, 3.63) is 60.7 Å². The van der Waals surface area contributed by atoms with Gasteiger partial charge in [-0.2, -0.15) is 0 Å². The van der Waals surface area contributed by atoms with E-state index in [0.29, 0.717) is 3.12 Å². The van der Waals surface area contributed by atoms with E-state index in [1.807, 2.05) is 0 Å². The van der Waals surface area contributed by atoms with E-state index in [2.05, 4.69) is 81.4 Å². The van der Waals surface area contributed by atoms with Crippen molar-refractivity contribution < 1.29 is 0 Å². The molecule has 0 aromatic heterocycles. The Morgan fingerprint density at radius 2 is 1.03 bits per heavy atom. The minimum absolute atomic E-state index is 0.190. The van der Waals surface area contributed by atoms with Gasteiger partial charge < -0.3 is 0 Å². The van der Waals surface area contributed by atoms with E-state index in [9.17, 15) is 0 Å². The molecule has 32 heavy (non-hydrogen) atoms. The Morgan fingerprint density at radius 3 is 1.31 bits per heavy atom. The average Bonchev–Trinajstić information content (AvgIpc) is 3.56. The molecule has 171 valence electrons. The van der Waals surface area contributed by atoms with Crippen molar-refractivity contribution in [3.8, 4) is 0 Å². The van der Waals surface area contributed by atoms with E-state index < -0.39 is 21.8 Å². The first-order valence-electron chi connectivity index (χ1n) is 13.0. The van der Waals surface area contributed by atoms with Crippen molar-refractivity contribution in [2.75, 3.05) is 0 Å². The second kappa shape index (κ2) is 9.69. The van der Waals surface area contributed by atoms with Crippen LogP contribution < -0.4 is 6.54 Å². The van der Waals surface area contributed by atoms with Crippen molar-refractivity contribution in [1.29, 1.82) is 0 Å². The van der Waals surface area contributed by atoms with Crippen molar-refractivity contribution in [2.24, 2.45) is 11.8 Å². The van der Waals surface area contributed by atoms with Crippen LogP contribution in [0.2, 0.25) is 9.37 Å². The summed E-state index contributed by atoms with van der Waals surface area (Å²) >= 11 is -2.07. The summed E-state index contributed by atoms with van der Waals surface area (Å²) in [6.45, 7) is 7.18. The van der Waals surface area contributed by atoms with Crippen LogP contribution in [0.25, 0.3) is 0 Å². The third-order valence-corrected chi connectivity index (χ3v) is 28.7. The molecule has 0 atom stereocenters. The van der Waals surface area contributed by atoms with Gasteiger partial charge in [0, 0.05) is 0 Å². The molecule has 4 bridgehead atoms. The molecule has 0 amide bonds. The summed E-state index contributed by atoms with van der Waals surface area (Å²) in [5.74, 6) is 2.40. The van der Waals surface area contributed by atoms with Gasteiger partial charge in [0.05, 0.1) is 0 Å².